The number of likely N-dealkylation sites (tertiary alicyclic amines) is 2. The third-order valence-corrected chi connectivity index (χ3v) is 6.46. The molecule has 2 fully saturated rings. The minimum absolute atomic E-state index is 0.126. The lowest BCUT2D eigenvalue weighted by atomic mass is 10.00. The Morgan fingerprint density at radius 2 is 1.79 bits per heavy atom. The van der Waals surface area contributed by atoms with Gasteiger partial charge in [-0.05, 0) is 62.7 Å². The standard InChI is InChI=1S/C24H28N6O3/c1-25-23(31)30-14-6-17-15-19(3-4-21(17)30)33-20-5-9-26-22(16-20)27-24(32)29-12-7-18(8-13-29)28-10-2-11-28/h3-6,9,14-16,18H,2,7-8,10-13H2,1H3,(H,25,31)(H,26,27,32). The van der Waals surface area contributed by atoms with Gasteiger partial charge in [-0.2, -0.15) is 0 Å². The maximum atomic E-state index is 12.7. The van der Waals surface area contributed by atoms with Crippen LogP contribution in [-0.4, -0.2) is 70.7 Å². The number of nitrogens with one attached hydrogen (secondary N) is 2. The van der Waals surface area contributed by atoms with E-state index in [1.54, 1.807) is 36.1 Å². The van der Waals surface area contributed by atoms with Gasteiger partial charge in [0.05, 0.1) is 5.52 Å². The van der Waals surface area contributed by atoms with Crippen LogP contribution in [0.4, 0.5) is 15.4 Å². The van der Waals surface area contributed by atoms with E-state index < -0.39 is 0 Å². The van der Waals surface area contributed by atoms with Gasteiger partial charge in [-0.1, -0.05) is 0 Å². The Kier molecular flexibility index (Phi) is 5.87. The number of carbonyl (C=O) groups excluding carboxylic acids is 2. The van der Waals surface area contributed by atoms with Gasteiger partial charge in [-0.25, -0.2) is 14.6 Å². The van der Waals surface area contributed by atoms with Gasteiger partial charge in [0.2, 0.25) is 0 Å². The lowest BCUT2D eigenvalue weighted by Crippen LogP contribution is -2.51. The molecule has 1 aromatic carbocycles. The van der Waals surface area contributed by atoms with E-state index in [1.807, 2.05) is 29.2 Å². The number of amides is 3. The summed E-state index contributed by atoms with van der Waals surface area (Å²) in [5, 5.41) is 6.40. The Morgan fingerprint density at radius 1 is 1.00 bits per heavy atom. The Balaban J connectivity index is 1.21. The van der Waals surface area contributed by atoms with E-state index in [-0.39, 0.29) is 12.1 Å². The van der Waals surface area contributed by atoms with Crippen molar-refractivity contribution in [2.75, 3.05) is 38.5 Å². The van der Waals surface area contributed by atoms with E-state index in [9.17, 15) is 9.59 Å². The van der Waals surface area contributed by atoms with Crippen molar-refractivity contribution in [1.82, 2.24) is 24.7 Å². The smallest absolute Gasteiger partial charge is 0.325 e. The fourth-order valence-electron chi connectivity index (χ4n) is 4.49. The summed E-state index contributed by atoms with van der Waals surface area (Å²) in [6.07, 6.45) is 6.67. The van der Waals surface area contributed by atoms with Gasteiger partial charge >= 0.3 is 12.1 Å². The number of hydrogen-bond donors (Lipinski definition) is 2. The highest BCUT2D eigenvalue weighted by Crippen LogP contribution is 2.28. The number of rotatable bonds is 4. The summed E-state index contributed by atoms with van der Waals surface area (Å²) in [6, 6.07) is 11.1. The molecule has 9 nitrogen and oxygen atoms in total. The van der Waals surface area contributed by atoms with Gasteiger partial charge in [0.15, 0.2) is 0 Å². The van der Waals surface area contributed by atoms with Gasteiger partial charge in [0.1, 0.15) is 17.3 Å². The molecule has 9 heteroatoms. The predicted octanol–water partition coefficient (Wildman–Crippen LogP) is 3.72. The molecule has 2 aromatic heterocycles. The van der Waals surface area contributed by atoms with Gasteiger partial charge in [0.25, 0.3) is 0 Å². The number of nitrogens with zero attached hydrogens (tertiary/aromatic N) is 4. The highest BCUT2D eigenvalue weighted by atomic mass is 16.5. The number of aromatic nitrogens is 2. The maximum Gasteiger partial charge on any atom is 0.325 e. The topological polar surface area (TPSA) is 91.7 Å². The second kappa shape index (κ2) is 9.11. The lowest BCUT2D eigenvalue weighted by Gasteiger charge is -2.42. The first-order valence-corrected chi connectivity index (χ1v) is 11.4. The second-order valence-electron chi connectivity index (χ2n) is 8.48. The second-order valence-corrected chi connectivity index (χ2v) is 8.48. The minimum Gasteiger partial charge on any atom is -0.457 e. The first kappa shape index (κ1) is 21.3. The molecule has 0 bridgehead atoms. The Labute approximate surface area is 192 Å². The Bertz CT molecular complexity index is 1160. The fourth-order valence-corrected chi connectivity index (χ4v) is 4.49. The van der Waals surface area contributed by atoms with Crippen molar-refractivity contribution >= 4 is 28.8 Å². The van der Waals surface area contributed by atoms with Gasteiger partial charge in [-0.3, -0.25) is 9.88 Å². The lowest BCUT2D eigenvalue weighted by molar-refractivity contribution is 0.0734. The summed E-state index contributed by atoms with van der Waals surface area (Å²) in [7, 11) is 1.60. The highest BCUT2D eigenvalue weighted by molar-refractivity contribution is 5.92. The number of fused-ring (bicyclic) bond motifs is 1. The number of hydrogen-bond acceptors (Lipinski definition) is 5. The summed E-state index contributed by atoms with van der Waals surface area (Å²) >= 11 is 0. The number of piperidine rings is 1. The Morgan fingerprint density at radius 3 is 2.52 bits per heavy atom. The van der Waals surface area contributed by atoms with Gasteiger partial charge in [0, 0.05) is 50.0 Å². The zero-order valence-electron chi connectivity index (χ0n) is 18.7. The van der Waals surface area contributed by atoms with Crippen molar-refractivity contribution in [3.05, 3.63) is 48.8 Å². The normalized spacial score (nSPS) is 16.9. The summed E-state index contributed by atoms with van der Waals surface area (Å²) in [5.74, 6) is 1.66. The van der Waals surface area contributed by atoms with Crippen LogP contribution in [0.3, 0.4) is 0 Å². The minimum atomic E-state index is -0.196. The molecule has 0 atom stereocenters. The molecule has 2 saturated heterocycles. The van der Waals surface area contributed by atoms with Crippen molar-refractivity contribution in [3.63, 3.8) is 0 Å². The summed E-state index contributed by atoms with van der Waals surface area (Å²) in [4.78, 5) is 33.3. The van der Waals surface area contributed by atoms with Crippen molar-refractivity contribution in [2.45, 2.75) is 25.3 Å². The highest BCUT2D eigenvalue weighted by Gasteiger charge is 2.29. The van der Waals surface area contributed by atoms with E-state index >= 15 is 0 Å². The first-order chi connectivity index (χ1) is 16.1. The van der Waals surface area contributed by atoms with Crippen LogP contribution in [0.25, 0.3) is 10.9 Å². The molecule has 0 unspecified atom stereocenters. The molecular weight excluding hydrogens is 420 g/mol. The third-order valence-electron chi connectivity index (χ3n) is 6.46. The molecule has 2 aliphatic heterocycles. The summed E-state index contributed by atoms with van der Waals surface area (Å²) < 4.78 is 7.54. The molecular formula is C24H28N6O3. The molecule has 33 heavy (non-hydrogen) atoms. The number of carbonyl (C=O) groups is 2. The van der Waals surface area contributed by atoms with E-state index in [0.29, 0.717) is 23.4 Å². The van der Waals surface area contributed by atoms with E-state index in [1.165, 1.54) is 19.5 Å². The molecule has 5 rings (SSSR count). The molecule has 0 radical (unpaired) electrons. The van der Waals surface area contributed by atoms with Crippen LogP contribution in [0.5, 0.6) is 11.5 Å². The average molecular weight is 449 g/mol. The molecule has 4 heterocycles. The molecule has 0 spiro atoms. The average Bonchev–Trinajstić information content (AvgIpc) is 3.21. The summed E-state index contributed by atoms with van der Waals surface area (Å²) in [5.41, 5.74) is 0.794. The van der Waals surface area contributed by atoms with Crippen molar-refractivity contribution in [2.24, 2.45) is 0 Å². The van der Waals surface area contributed by atoms with Crippen LogP contribution in [0.1, 0.15) is 19.3 Å². The molecule has 172 valence electrons. The number of urea groups is 1. The van der Waals surface area contributed by atoms with Crippen LogP contribution >= 0.6 is 0 Å². The number of ether oxygens (including phenoxy) is 1. The van der Waals surface area contributed by atoms with Gasteiger partial charge in [-0.15, -0.1) is 0 Å². The molecule has 0 aliphatic carbocycles. The maximum absolute atomic E-state index is 12.7. The summed E-state index contributed by atoms with van der Waals surface area (Å²) in [6.45, 7) is 3.92. The fraction of sp³-hybridized carbons (Fsp3) is 0.375. The molecule has 0 saturated carbocycles. The molecule has 3 aromatic rings. The zero-order valence-corrected chi connectivity index (χ0v) is 18.7. The quantitative estimate of drug-likeness (QED) is 0.635. The van der Waals surface area contributed by atoms with Crippen LogP contribution in [0.15, 0.2) is 48.8 Å². The van der Waals surface area contributed by atoms with Crippen molar-refractivity contribution in [1.29, 1.82) is 0 Å². The van der Waals surface area contributed by atoms with Crippen LogP contribution in [-0.2, 0) is 0 Å². The number of pyridine rings is 1. The van der Waals surface area contributed by atoms with E-state index in [4.69, 9.17) is 4.74 Å². The monoisotopic (exact) mass is 448 g/mol. The molecule has 3 amide bonds. The van der Waals surface area contributed by atoms with Gasteiger partial charge < -0.3 is 19.9 Å². The number of anilines is 1. The van der Waals surface area contributed by atoms with Crippen molar-refractivity contribution < 1.29 is 14.3 Å². The first-order valence-electron chi connectivity index (χ1n) is 11.4. The van der Waals surface area contributed by atoms with Crippen LogP contribution < -0.4 is 15.4 Å². The van der Waals surface area contributed by atoms with Crippen LogP contribution in [0, 0.1) is 0 Å². The van der Waals surface area contributed by atoms with E-state index in [2.05, 4.69) is 20.5 Å². The van der Waals surface area contributed by atoms with E-state index in [0.717, 1.165) is 36.8 Å². The largest absolute Gasteiger partial charge is 0.457 e. The SMILES string of the molecule is CNC(=O)n1ccc2cc(Oc3ccnc(NC(=O)N4CCC(N5CCC5)CC4)c3)ccc21. The predicted molar refractivity (Wildman–Crippen MR) is 126 cm³/mol. The Hall–Kier alpha value is -3.59. The van der Waals surface area contributed by atoms with Crippen molar-refractivity contribution in [3.8, 4) is 11.5 Å². The molecule has 2 N–H and O–H groups in total. The number of benzene rings is 1. The third kappa shape index (κ3) is 4.49. The van der Waals surface area contributed by atoms with Crippen LogP contribution in [0.2, 0.25) is 0 Å². The molecule has 2 aliphatic rings. The zero-order chi connectivity index (χ0) is 22.8.